The third kappa shape index (κ3) is 5.66. The van der Waals surface area contributed by atoms with Crippen molar-refractivity contribution >= 4 is 53.0 Å². The first-order chi connectivity index (χ1) is 13.7. The van der Waals surface area contributed by atoms with E-state index in [9.17, 15) is 0 Å². The lowest BCUT2D eigenvalue weighted by Gasteiger charge is -2.36. The van der Waals surface area contributed by atoms with Gasteiger partial charge in [-0.1, -0.05) is 17.7 Å². The first kappa shape index (κ1) is 22.0. The standard InChI is InChI=1S/C21H27ClN6.HI/c22-18-4-6-19(7-5-18)26-11-13-28(14-12-26)21(23)25-16-17-3-8-20(24-15-17)27-9-1-2-10-27;/h3-8,15H,1-2,9-14,16H2,(H2,23,25);1H. The predicted molar refractivity (Wildman–Crippen MR) is 132 cm³/mol. The second-order valence-corrected chi connectivity index (χ2v) is 7.78. The zero-order chi connectivity index (χ0) is 19.3. The van der Waals surface area contributed by atoms with Crippen LogP contribution in [0.2, 0.25) is 5.02 Å². The quantitative estimate of drug-likeness (QED) is 0.375. The van der Waals surface area contributed by atoms with Gasteiger partial charge in [-0.2, -0.15) is 0 Å². The van der Waals surface area contributed by atoms with Gasteiger partial charge in [0, 0.05) is 56.2 Å². The van der Waals surface area contributed by atoms with Crippen LogP contribution in [0.1, 0.15) is 18.4 Å². The maximum Gasteiger partial charge on any atom is 0.191 e. The molecular weight excluding hydrogens is 499 g/mol. The van der Waals surface area contributed by atoms with Gasteiger partial charge in [0.15, 0.2) is 5.96 Å². The summed E-state index contributed by atoms with van der Waals surface area (Å²) >= 11 is 5.98. The Morgan fingerprint density at radius 3 is 2.24 bits per heavy atom. The lowest BCUT2D eigenvalue weighted by molar-refractivity contribution is 0.380. The molecule has 1 aromatic carbocycles. The van der Waals surface area contributed by atoms with Gasteiger partial charge in [-0.25, -0.2) is 9.98 Å². The minimum Gasteiger partial charge on any atom is -0.370 e. The molecule has 0 spiro atoms. The van der Waals surface area contributed by atoms with E-state index in [1.54, 1.807) is 0 Å². The van der Waals surface area contributed by atoms with E-state index in [-0.39, 0.29) is 24.0 Å². The summed E-state index contributed by atoms with van der Waals surface area (Å²) in [6.07, 6.45) is 4.44. The number of guanidine groups is 1. The maximum atomic E-state index is 6.24. The summed E-state index contributed by atoms with van der Waals surface area (Å²) in [4.78, 5) is 16.0. The van der Waals surface area contributed by atoms with E-state index in [2.05, 4.69) is 48.9 Å². The highest BCUT2D eigenvalue weighted by Gasteiger charge is 2.18. The van der Waals surface area contributed by atoms with Crippen LogP contribution in [0.25, 0.3) is 0 Å². The molecule has 0 unspecified atom stereocenters. The Morgan fingerprint density at radius 2 is 1.62 bits per heavy atom. The number of pyridine rings is 1. The van der Waals surface area contributed by atoms with E-state index in [0.717, 1.165) is 55.7 Å². The third-order valence-corrected chi connectivity index (χ3v) is 5.71. The Morgan fingerprint density at radius 1 is 0.931 bits per heavy atom. The number of halogens is 2. The molecule has 29 heavy (non-hydrogen) atoms. The number of hydrogen-bond donors (Lipinski definition) is 1. The highest BCUT2D eigenvalue weighted by Crippen LogP contribution is 2.20. The summed E-state index contributed by atoms with van der Waals surface area (Å²) in [6.45, 7) is 6.36. The summed E-state index contributed by atoms with van der Waals surface area (Å²) in [5, 5.41) is 0.765. The number of nitrogens with two attached hydrogens (primary N) is 1. The van der Waals surface area contributed by atoms with Crippen LogP contribution >= 0.6 is 35.6 Å². The zero-order valence-electron chi connectivity index (χ0n) is 16.5. The largest absolute Gasteiger partial charge is 0.370 e. The number of rotatable bonds is 4. The van der Waals surface area contributed by atoms with Crippen molar-refractivity contribution in [3.05, 3.63) is 53.2 Å². The second-order valence-electron chi connectivity index (χ2n) is 7.34. The summed E-state index contributed by atoms with van der Waals surface area (Å²) in [7, 11) is 0. The molecule has 0 aliphatic carbocycles. The molecule has 2 aliphatic heterocycles. The predicted octanol–water partition coefficient (Wildman–Crippen LogP) is 3.59. The SMILES string of the molecule is I.NC(=NCc1ccc(N2CCCC2)nc1)N1CCN(c2ccc(Cl)cc2)CC1. The van der Waals surface area contributed by atoms with Crippen LogP contribution in [0, 0.1) is 0 Å². The fourth-order valence-corrected chi connectivity index (χ4v) is 3.89. The Bertz CT molecular complexity index is 797. The van der Waals surface area contributed by atoms with E-state index in [1.807, 2.05) is 18.3 Å². The van der Waals surface area contributed by atoms with Crippen LogP contribution < -0.4 is 15.5 Å². The minimum atomic E-state index is 0. The van der Waals surface area contributed by atoms with Crippen molar-refractivity contribution in [2.45, 2.75) is 19.4 Å². The number of aromatic nitrogens is 1. The molecule has 2 aromatic rings. The van der Waals surface area contributed by atoms with Gasteiger partial charge in [-0.05, 0) is 48.7 Å². The Balaban J connectivity index is 0.00000240. The fraction of sp³-hybridized carbons (Fsp3) is 0.429. The molecule has 6 nitrogen and oxygen atoms in total. The van der Waals surface area contributed by atoms with Gasteiger partial charge in [0.05, 0.1) is 6.54 Å². The molecule has 0 saturated carbocycles. The normalized spacial score (nSPS) is 17.4. The molecule has 0 atom stereocenters. The Hall–Kier alpha value is -1.74. The zero-order valence-corrected chi connectivity index (χ0v) is 19.6. The van der Waals surface area contributed by atoms with Crippen molar-refractivity contribution in [3.63, 3.8) is 0 Å². The monoisotopic (exact) mass is 526 g/mol. The van der Waals surface area contributed by atoms with E-state index in [0.29, 0.717) is 12.5 Å². The van der Waals surface area contributed by atoms with Gasteiger partial charge in [0.2, 0.25) is 0 Å². The van der Waals surface area contributed by atoms with Crippen molar-refractivity contribution in [3.8, 4) is 0 Å². The van der Waals surface area contributed by atoms with Crippen molar-refractivity contribution in [2.75, 3.05) is 49.1 Å². The van der Waals surface area contributed by atoms with Crippen molar-refractivity contribution in [1.82, 2.24) is 9.88 Å². The fourth-order valence-electron chi connectivity index (χ4n) is 3.76. The molecule has 2 fully saturated rings. The smallest absolute Gasteiger partial charge is 0.191 e. The minimum absolute atomic E-state index is 0. The van der Waals surface area contributed by atoms with Crippen LogP contribution in [-0.4, -0.2) is 55.1 Å². The van der Waals surface area contributed by atoms with E-state index in [4.69, 9.17) is 17.3 Å². The number of nitrogens with zero attached hydrogens (tertiary/aromatic N) is 5. The Kier molecular flexibility index (Phi) is 7.83. The topological polar surface area (TPSA) is 61.0 Å². The van der Waals surface area contributed by atoms with Crippen molar-refractivity contribution < 1.29 is 0 Å². The average molecular weight is 527 g/mol. The van der Waals surface area contributed by atoms with Crippen LogP contribution in [0.5, 0.6) is 0 Å². The summed E-state index contributed by atoms with van der Waals surface area (Å²) in [5.41, 5.74) is 8.53. The lowest BCUT2D eigenvalue weighted by Crippen LogP contribution is -2.51. The van der Waals surface area contributed by atoms with Crippen molar-refractivity contribution in [1.29, 1.82) is 0 Å². The molecule has 2 aliphatic rings. The molecule has 2 N–H and O–H groups in total. The van der Waals surface area contributed by atoms with Crippen LogP contribution in [-0.2, 0) is 6.54 Å². The van der Waals surface area contributed by atoms with Crippen molar-refractivity contribution in [2.24, 2.45) is 10.7 Å². The molecule has 0 amide bonds. The second kappa shape index (κ2) is 10.3. The molecule has 3 heterocycles. The molecule has 2 saturated heterocycles. The molecule has 1 aromatic heterocycles. The average Bonchev–Trinajstić information content (AvgIpc) is 3.28. The number of piperazine rings is 1. The van der Waals surface area contributed by atoms with E-state index >= 15 is 0 Å². The van der Waals surface area contributed by atoms with Gasteiger partial charge in [-0.15, -0.1) is 24.0 Å². The maximum absolute atomic E-state index is 6.24. The summed E-state index contributed by atoms with van der Waals surface area (Å²) < 4.78 is 0. The first-order valence-electron chi connectivity index (χ1n) is 9.94. The van der Waals surface area contributed by atoms with Crippen LogP contribution in [0.4, 0.5) is 11.5 Å². The number of aliphatic imine (C=N–C) groups is 1. The van der Waals surface area contributed by atoms with Gasteiger partial charge in [-0.3, -0.25) is 0 Å². The number of hydrogen-bond acceptors (Lipinski definition) is 4. The highest BCUT2D eigenvalue weighted by atomic mass is 127. The highest BCUT2D eigenvalue weighted by molar-refractivity contribution is 14.0. The van der Waals surface area contributed by atoms with Gasteiger partial charge in [0.25, 0.3) is 0 Å². The lowest BCUT2D eigenvalue weighted by atomic mass is 10.2. The Labute approximate surface area is 194 Å². The van der Waals surface area contributed by atoms with E-state index < -0.39 is 0 Å². The van der Waals surface area contributed by atoms with Gasteiger partial charge >= 0.3 is 0 Å². The van der Waals surface area contributed by atoms with Gasteiger partial charge in [0.1, 0.15) is 5.82 Å². The molecular formula is C21H28ClIN6. The van der Waals surface area contributed by atoms with Gasteiger partial charge < -0.3 is 20.4 Å². The molecule has 156 valence electrons. The number of benzene rings is 1. The van der Waals surface area contributed by atoms with Crippen LogP contribution in [0.15, 0.2) is 47.6 Å². The van der Waals surface area contributed by atoms with Crippen LogP contribution in [0.3, 0.4) is 0 Å². The molecule has 0 bridgehead atoms. The summed E-state index contributed by atoms with van der Waals surface area (Å²) in [6, 6.07) is 12.2. The first-order valence-corrected chi connectivity index (χ1v) is 10.3. The molecule has 4 rings (SSSR count). The van der Waals surface area contributed by atoms with E-state index in [1.165, 1.54) is 18.5 Å². The molecule has 8 heteroatoms. The molecule has 0 radical (unpaired) electrons. The number of anilines is 2. The summed E-state index contributed by atoms with van der Waals surface area (Å²) in [5.74, 6) is 1.68. The third-order valence-electron chi connectivity index (χ3n) is 5.46.